The highest BCUT2D eigenvalue weighted by atomic mass is 16.6. The fourth-order valence-corrected chi connectivity index (χ4v) is 2.91. The number of carbonyl (C=O) groups excluding carboxylic acids is 2. The first-order chi connectivity index (χ1) is 11.7. The van der Waals surface area contributed by atoms with Crippen molar-refractivity contribution in [2.75, 3.05) is 44.9 Å². The summed E-state index contributed by atoms with van der Waals surface area (Å²) in [6.45, 7) is 2.57. The Bertz CT molecular complexity index is 619. The van der Waals surface area contributed by atoms with Gasteiger partial charge in [-0.1, -0.05) is 0 Å². The number of amides is 2. The Morgan fingerprint density at radius 3 is 2.92 bits per heavy atom. The van der Waals surface area contributed by atoms with Crippen LogP contribution in [-0.2, 0) is 14.3 Å². The molecule has 2 heterocycles. The monoisotopic (exact) mass is 334 g/mol. The van der Waals surface area contributed by atoms with Crippen molar-refractivity contribution in [2.24, 2.45) is 5.92 Å². The normalized spacial score (nSPS) is 19.5. The summed E-state index contributed by atoms with van der Waals surface area (Å²) in [4.78, 5) is 26.1. The summed E-state index contributed by atoms with van der Waals surface area (Å²) in [5.74, 6) is 0.861. The second-order valence-electron chi connectivity index (χ2n) is 5.87. The molecule has 1 N–H and O–H groups in total. The highest BCUT2D eigenvalue weighted by Crippen LogP contribution is 2.35. The second kappa shape index (κ2) is 7.53. The maximum absolute atomic E-state index is 12.3. The molecule has 2 aliphatic heterocycles. The van der Waals surface area contributed by atoms with Crippen LogP contribution in [0.5, 0.6) is 11.5 Å². The second-order valence-corrected chi connectivity index (χ2v) is 5.87. The number of nitrogens with zero attached hydrogens (tertiary/aromatic N) is 1. The van der Waals surface area contributed by atoms with E-state index >= 15 is 0 Å². The molecule has 1 aromatic rings. The van der Waals surface area contributed by atoms with Gasteiger partial charge in [-0.2, -0.15) is 0 Å². The zero-order valence-electron chi connectivity index (χ0n) is 13.7. The van der Waals surface area contributed by atoms with E-state index in [1.165, 1.54) is 0 Å². The topological polar surface area (TPSA) is 77.1 Å². The van der Waals surface area contributed by atoms with Crippen molar-refractivity contribution in [3.63, 3.8) is 0 Å². The zero-order chi connectivity index (χ0) is 16.9. The van der Waals surface area contributed by atoms with Gasteiger partial charge in [0.2, 0.25) is 11.8 Å². The van der Waals surface area contributed by atoms with Crippen LogP contribution in [0.15, 0.2) is 18.2 Å². The highest BCUT2D eigenvalue weighted by Gasteiger charge is 2.35. The van der Waals surface area contributed by atoms with Gasteiger partial charge in [0.25, 0.3) is 0 Å². The van der Waals surface area contributed by atoms with E-state index in [0.717, 1.165) is 12.1 Å². The van der Waals surface area contributed by atoms with Crippen molar-refractivity contribution in [1.82, 2.24) is 5.32 Å². The molecule has 130 valence electrons. The van der Waals surface area contributed by atoms with Crippen LogP contribution >= 0.6 is 0 Å². The van der Waals surface area contributed by atoms with Gasteiger partial charge in [-0.05, 0) is 18.6 Å². The average molecular weight is 334 g/mol. The molecule has 0 saturated carbocycles. The maximum Gasteiger partial charge on any atom is 0.227 e. The smallest absolute Gasteiger partial charge is 0.227 e. The van der Waals surface area contributed by atoms with Crippen molar-refractivity contribution in [1.29, 1.82) is 0 Å². The van der Waals surface area contributed by atoms with Gasteiger partial charge in [0, 0.05) is 45.0 Å². The van der Waals surface area contributed by atoms with Gasteiger partial charge in [-0.3, -0.25) is 9.59 Å². The molecule has 2 aliphatic rings. The maximum atomic E-state index is 12.3. The van der Waals surface area contributed by atoms with E-state index in [4.69, 9.17) is 14.2 Å². The number of hydrogen-bond acceptors (Lipinski definition) is 5. The molecule has 7 nitrogen and oxygen atoms in total. The van der Waals surface area contributed by atoms with Gasteiger partial charge in [0.1, 0.15) is 13.2 Å². The molecule has 1 saturated heterocycles. The van der Waals surface area contributed by atoms with Crippen molar-refractivity contribution in [2.45, 2.75) is 12.8 Å². The van der Waals surface area contributed by atoms with Crippen molar-refractivity contribution in [3.05, 3.63) is 18.2 Å². The van der Waals surface area contributed by atoms with E-state index < -0.39 is 0 Å². The molecule has 24 heavy (non-hydrogen) atoms. The van der Waals surface area contributed by atoms with Crippen LogP contribution in [0.3, 0.4) is 0 Å². The molecular weight excluding hydrogens is 312 g/mol. The van der Waals surface area contributed by atoms with E-state index in [0.29, 0.717) is 44.4 Å². The Hall–Kier alpha value is -2.28. The third-order valence-corrected chi connectivity index (χ3v) is 4.16. The van der Waals surface area contributed by atoms with Gasteiger partial charge >= 0.3 is 0 Å². The van der Waals surface area contributed by atoms with Crippen molar-refractivity contribution in [3.8, 4) is 11.5 Å². The predicted molar refractivity (Wildman–Crippen MR) is 87.4 cm³/mol. The first kappa shape index (κ1) is 16.6. The lowest BCUT2D eigenvalue weighted by Gasteiger charge is -2.22. The van der Waals surface area contributed by atoms with Crippen LogP contribution in [0.1, 0.15) is 12.8 Å². The Labute approximate surface area is 140 Å². The minimum Gasteiger partial charge on any atom is -0.486 e. The number of fused-ring (bicyclic) bond motifs is 1. The summed E-state index contributed by atoms with van der Waals surface area (Å²) in [5.41, 5.74) is 0.735. The lowest BCUT2D eigenvalue weighted by Crippen LogP contribution is -2.33. The Kier molecular flexibility index (Phi) is 5.20. The summed E-state index contributed by atoms with van der Waals surface area (Å²) >= 11 is 0. The molecule has 0 bridgehead atoms. The number of carbonyl (C=O) groups is 2. The number of anilines is 1. The number of hydrogen-bond donors (Lipinski definition) is 1. The fraction of sp³-hybridized carbons (Fsp3) is 0.529. The molecule has 1 fully saturated rings. The quantitative estimate of drug-likeness (QED) is 0.784. The molecule has 1 unspecified atom stereocenters. The van der Waals surface area contributed by atoms with Gasteiger partial charge in [-0.25, -0.2) is 0 Å². The van der Waals surface area contributed by atoms with E-state index in [-0.39, 0.29) is 24.2 Å². The van der Waals surface area contributed by atoms with Crippen LogP contribution in [0.25, 0.3) is 0 Å². The molecule has 0 aromatic heterocycles. The molecule has 1 aromatic carbocycles. The lowest BCUT2D eigenvalue weighted by molar-refractivity contribution is -0.126. The number of methoxy groups -OCH3 is 1. The summed E-state index contributed by atoms with van der Waals surface area (Å²) in [7, 11) is 1.63. The summed E-state index contributed by atoms with van der Waals surface area (Å²) < 4.78 is 16.0. The van der Waals surface area contributed by atoms with E-state index in [9.17, 15) is 9.59 Å². The van der Waals surface area contributed by atoms with Crippen LogP contribution in [0.2, 0.25) is 0 Å². The number of benzene rings is 1. The van der Waals surface area contributed by atoms with Gasteiger partial charge < -0.3 is 24.4 Å². The molecule has 2 amide bonds. The van der Waals surface area contributed by atoms with Gasteiger partial charge in [0.15, 0.2) is 11.5 Å². The van der Waals surface area contributed by atoms with Crippen LogP contribution in [0, 0.1) is 5.92 Å². The molecular formula is C17H22N2O5. The fourth-order valence-electron chi connectivity index (χ4n) is 2.91. The summed E-state index contributed by atoms with van der Waals surface area (Å²) in [6.07, 6.45) is 0.985. The Morgan fingerprint density at radius 2 is 2.12 bits per heavy atom. The Balaban J connectivity index is 1.61. The van der Waals surface area contributed by atoms with Crippen LogP contribution in [0.4, 0.5) is 5.69 Å². The highest BCUT2D eigenvalue weighted by molar-refractivity contribution is 6.00. The van der Waals surface area contributed by atoms with Crippen LogP contribution < -0.4 is 19.7 Å². The Morgan fingerprint density at radius 1 is 1.33 bits per heavy atom. The average Bonchev–Trinajstić information content (AvgIpc) is 3.00. The number of nitrogens with one attached hydrogen (secondary N) is 1. The molecule has 7 heteroatoms. The molecule has 0 radical (unpaired) electrons. The zero-order valence-corrected chi connectivity index (χ0v) is 13.7. The number of rotatable bonds is 6. The summed E-state index contributed by atoms with van der Waals surface area (Å²) in [6, 6.07) is 5.42. The van der Waals surface area contributed by atoms with Crippen LogP contribution in [-0.4, -0.2) is 51.8 Å². The summed E-state index contributed by atoms with van der Waals surface area (Å²) in [5, 5.41) is 2.86. The van der Waals surface area contributed by atoms with Crippen molar-refractivity contribution < 1.29 is 23.8 Å². The third kappa shape index (κ3) is 3.62. The predicted octanol–water partition coefficient (Wildman–Crippen LogP) is 0.963. The third-order valence-electron chi connectivity index (χ3n) is 4.16. The lowest BCUT2D eigenvalue weighted by atomic mass is 10.1. The minimum atomic E-state index is -0.326. The van der Waals surface area contributed by atoms with Crippen molar-refractivity contribution >= 4 is 17.5 Å². The molecule has 3 rings (SSSR count). The standard InChI is InChI=1S/C17H22N2O5/c1-22-6-2-5-18-17(21)12-9-16(20)19(11-12)13-3-4-14-15(10-13)24-8-7-23-14/h3-4,10,12H,2,5-9,11H2,1H3,(H,18,21). The SMILES string of the molecule is COCCCNC(=O)C1CC(=O)N(c2ccc3c(c2)OCCO3)C1. The molecule has 1 atom stereocenters. The number of ether oxygens (including phenoxy) is 3. The van der Waals surface area contributed by atoms with E-state index in [1.807, 2.05) is 6.07 Å². The molecule has 0 spiro atoms. The first-order valence-corrected chi connectivity index (χ1v) is 8.15. The first-order valence-electron chi connectivity index (χ1n) is 8.15. The van der Waals surface area contributed by atoms with E-state index in [2.05, 4.69) is 5.32 Å². The van der Waals surface area contributed by atoms with Gasteiger partial charge in [-0.15, -0.1) is 0 Å². The molecule has 0 aliphatic carbocycles. The largest absolute Gasteiger partial charge is 0.486 e. The van der Waals surface area contributed by atoms with Gasteiger partial charge in [0.05, 0.1) is 5.92 Å². The van der Waals surface area contributed by atoms with E-state index in [1.54, 1.807) is 24.1 Å². The minimum absolute atomic E-state index is 0.0521.